The molecule has 0 spiro atoms. The van der Waals surface area contributed by atoms with Gasteiger partial charge >= 0.3 is 0 Å². The van der Waals surface area contributed by atoms with Gasteiger partial charge in [-0.25, -0.2) is 0 Å². The Morgan fingerprint density at radius 2 is 1.70 bits per heavy atom. The van der Waals surface area contributed by atoms with Gasteiger partial charge < -0.3 is 9.47 Å². The van der Waals surface area contributed by atoms with Crippen LogP contribution in [0.3, 0.4) is 0 Å². The van der Waals surface area contributed by atoms with Crippen molar-refractivity contribution < 1.29 is 14.3 Å². The van der Waals surface area contributed by atoms with Crippen LogP contribution in [0.25, 0.3) is 0 Å². The molecule has 2 aromatic rings. The highest BCUT2D eigenvalue weighted by Gasteiger charge is 2.11. The van der Waals surface area contributed by atoms with Crippen molar-refractivity contribution in [1.82, 2.24) is 0 Å². The fraction of sp³-hybridized carbons (Fsp3) is 0.235. The molecule has 3 nitrogen and oxygen atoms in total. The number of aldehydes is 1. The van der Waals surface area contributed by atoms with Gasteiger partial charge in [0.1, 0.15) is 6.61 Å². The molecule has 0 saturated carbocycles. The Hall–Kier alpha value is -2.29. The average Bonchev–Trinajstić information content (AvgIpc) is 2.46. The van der Waals surface area contributed by atoms with Crippen molar-refractivity contribution in [3.05, 3.63) is 58.7 Å². The summed E-state index contributed by atoms with van der Waals surface area (Å²) in [5, 5.41) is 0. The summed E-state index contributed by atoms with van der Waals surface area (Å²) in [6.07, 6.45) is 0.780. The second-order valence-electron chi connectivity index (χ2n) is 4.66. The molecule has 0 fully saturated rings. The van der Waals surface area contributed by atoms with Crippen LogP contribution in [0.5, 0.6) is 11.5 Å². The zero-order valence-electron chi connectivity index (χ0n) is 12.0. The maximum Gasteiger partial charge on any atom is 0.172 e. The quantitative estimate of drug-likeness (QED) is 0.777. The van der Waals surface area contributed by atoms with Crippen LogP contribution >= 0.6 is 0 Å². The number of para-hydroxylation sites is 1. The highest BCUT2D eigenvalue weighted by molar-refractivity contribution is 5.81. The van der Waals surface area contributed by atoms with Crippen molar-refractivity contribution in [2.24, 2.45) is 0 Å². The van der Waals surface area contributed by atoms with Crippen LogP contribution in [-0.2, 0) is 6.61 Å². The summed E-state index contributed by atoms with van der Waals surface area (Å²) in [5.74, 6) is 1.06. The second kappa shape index (κ2) is 6.24. The first kappa shape index (κ1) is 14.1. The summed E-state index contributed by atoms with van der Waals surface area (Å²) in [6.45, 7) is 4.52. The minimum atomic E-state index is 0.416. The lowest BCUT2D eigenvalue weighted by Gasteiger charge is -2.15. The SMILES string of the molecule is COc1cccc(C=O)c1OCc1c(C)cccc1C. The minimum absolute atomic E-state index is 0.416. The van der Waals surface area contributed by atoms with Gasteiger partial charge in [0.15, 0.2) is 17.8 Å². The Morgan fingerprint density at radius 3 is 2.30 bits per heavy atom. The van der Waals surface area contributed by atoms with Crippen molar-refractivity contribution in [2.45, 2.75) is 20.5 Å². The second-order valence-corrected chi connectivity index (χ2v) is 4.66. The number of carbonyl (C=O) groups is 1. The van der Waals surface area contributed by atoms with E-state index in [1.165, 1.54) is 11.1 Å². The third kappa shape index (κ3) is 2.82. The highest BCUT2D eigenvalue weighted by atomic mass is 16.5. The third-order valence-electron chi connectivity index (χ3n) is 3.36. The van der Waals surface area contributed by atoms with Crippen molar-refractivity contribution in [3.63, 3.8) is 0 Å². The standard InChI is InChI=1S/C17H18O3/c1-12-6-4-7-13(2)15(12)11-20-17-14(10-18)8-5-9-16(17)19-3/h4-10H,11H2,1-3H3. The molecule has 0 heterocycles. The van der Waals surface area contributed by atoms with E-state index < -0.39 is 0 Å². The Labute approximate surface area is 119 Å². The predicted octanol–water partition coefficient (Wildman–Crippen LogP) is 3.70. The summed E-state index contributed by atoms with van der Waals surface area (Å²) in [7, 11) is 1.57. The van der Waals surface area contributed by atoms with E-state index in [1.807, 2.05) is 6.07 Å². The number of rotatable bonds is 5. The van der Waals surface area contributed by atoms with Gasteiger partial charge in [-0.05, 0) is 42.7 Å². The summed E-state index contributed by atoms with van der Waals surface area (Å²) >= 11 is 0. The van der Waals surface area contributed by atoms with Crippen LogP contribution in [0, 0.1) is 13.8 Å². The zero-order chi connectivity index (χ0) is 14.5. The molecule has 0 aliphatic heterocycles. The normalized spacial score (nSPS) is 10.2. The third-order valence-corrected chi connectivity index (χ3v) is 3.36. The topological polar surface area (TPSA) is 35.5 Å². The van der Waals surface area contributed by atoms with E-state index in [4.69, 9.17) is 9.47 Å². The molecule has 20 heavy (non-hydrogen) atoms. The zero-order valence-corrected chi connectivity index (χ0v) is 12.0. The number of methoxy groups -OCH3 is 1. The van der Waals surface area contributed by atoms with Crippen LogP contribution in [0.15, 0.2) is 36.4 Å². The van der Waals surface area contributed by atoms with E-state index in [-0.39, 0.29) is 0 Å². The Morgan fingerprint density at radius 1 is 1.05 bits per heavy atom. The molecule has 3 heteroatoms. The molecule has 0 N–H and O–H groups in total. The van der Waals surface area contributed by atoms with E-state index in [2.05, 4.69) is 26.0 Å². The van der Waals surface area contributed by atoms with Gasteiger partial charge in [0.2, 0.25) is 0 Å². The van der Waals surface area contributed by atoms with Crippen LogP contribution < -0.4 is 9.47 Å². The lowest BCUT2D eigenvalue weighted by atomic mass is 10.0. The van der Waals surface area contributed by atoms with Crippen molar-refractivity contribution in [2.75, 3.05) is 7.11 Å². The lowest BCUT2D eigenvalue weighted by molar-refractivity contribution is 0.111. The van der Waals surface area contributed by atoms with Crippen molar-refractivity contribution in [1.29, 1.82) is 0 Å². The van der Waals surface area contributed by atoms with Gasteiger partial charge in [-0.2, -0.15) is 0 Å². The van der Waals surface area contributed by atoms with Crippen molar-refractivity contribution in [3.8, 4) is 11.5 Å². The number of ether oxygens (including phenoxy) is 2. The van der Waals surface area contributed by atoms with Crippen LogP contribution in [-0.4, -0.2) is 13.4 Å². The molecule has 0 bridgehead atoms. The minimum Gasteiger partial charge on any atom is -0.493 e. The number of aryl methyl sites for hydroxylation is 2. The predicted molar refractivity (Wildman–Crippen MR) is 78.6 cm³/mol. The van der Waals surface area contributed by atoms with E-state index in [9.17, 15) is 4.79 Å². The molecule has 104 valence electrons. The van der Waals surface area contributed by atoms with E-state index in [1.54, 1.807) is 25.3 Å². The number of benzene rings is 2. The molecule has 0 amide bonds. The summed E-state index contributed by atoms with van der Waals surface area (Å²) < 4.78 is 11.1. The molecular weight excluding hydrogens is 252 g/mol. The van der Waals surface area contributed by atoms with E-state index in [0.717, 1.165) is 11.8 Å². The van der Waals surface area contributed by atoms with Gasteiger partial charge in [-0.1, -0.05) is 24.3 Å². The first-order chi connectivity index (χ1) is 9.67. The van der Waals surface area contributed by atoms with Crippen LogP contribution in [0.4, 0.5) is 0 Å². The first-order valence-corrected chi connectivity index (χ1v) is 6.47. The molecule has 0 atom stereocenters. The Bertz CT molecular complexity index is 597. The van der Waals surface area contributed by atoms with E-state index in [0.29, 0.717) is 23.7 Å². The Balaban J connectivity index is 2.29. The number of carbonyl (C=O) groups excluding carboxylic acids is 1. The lowest BCUT2D eigenvalue weighted by Crippen LogP contribution is -2.03. The Kier molecular flexibility index (Phi) is 4.41. The summed E-state index contributed by atoms with van der Waals surface area (Å²) in [6, 6.07) is 11.4. The molecule has 0 saturated heterocycles. The first-order valence-electron chi connectivity index (χ1n) is 6.47. The molecular formula is C17H18O3. The molecule has 0 radical (unpaired) electrons. The van der Waals surface area contributed by atoms with Gasteiger partial charge in [-0.15, -0.1) is 0 Å². The van der Waals surface area contributed by atoms with Gasteiger partial charge in [-0.3, -0.25) is 4.79 Å². The monoisotopic (exact) mass is 270 g/mol. The highest BCUT2D eigenvalue weighted by Crippen LogP contribution is 2.31. The average molecular weight is 270 g/mol. The molecule has 0 aromatic heterocycles. The maximum atomic E-state index is 11.1. The summed E-state index contributed by atoms with van der Waals surface area (Å²) in [5.41, 5.74) is 3.98. The summed E-state index contributed by atoms with van der Waals surface area (Å²) in [4.78, 5) is 11.1. The maximum absolute atomic E-state index is 11.1. The van der Waals surface area contributed by atoms with E-state index >= 15 is 0 Å². The fourth-order valence-corrected chi connectivity index (χ4v) is 2.16. The van der Waals surface area contributed by atoms with Gasteiger partial charge in [0, 0.05) is 0 Å². The van der Waals surface area contributed by atoms with Gasteiger partial charge in [0.25, 0.3) is 0 Å². The molecule has 0 aliphatic carbocycles. The molecule has 2 rings (SSSR count). The molecule has 0 unspecified atom stereocenters. The van der Waals surface area contributed by atoms with Gasteiger partial charge in [0.05, 0.1) is 12.7 Å². The molecule has 0 aliphatic rings. The number of hydrogen-bond acceptors (Lipinski definition) is 3. The smallest absolute Gasteiger partial charge is 0.172 e. The fourth-order valence-electron chi connectivity index (χ4n) is 2.16. The van der Waals surface area contributed by atoms with Crippen LogP contribution in [0.2, 0.25) is 0 Å². The van der Waals surface area contributed by atoms with Crippen LogP contribution in [0.1, 0.15) is 27.0 Å². The largest absolute Gasteiger partial charge is 0.493 e. The number of hydrogen-bond donors (Lipinski definition) is 0. The van der Waals surface area contributed by atoms with Crippen molar-refractivity contribution >= 4 is 6.29 Å². The molecule has 2 aromatic carbocycles.